The number of β-amino-alcohol motifs (C(OH)–C–C–N with tert-alkyl or cyclic N) is 1. The van der Waals surface area contributed by atoms with Crippen molar-refractivity contribution >= 4 is 0 Å². The number of methoxy groups -OCH3 is 1. The van der Waals surface area contributed by atoms with E-state index in [1.54, 1.807) is 7.11 Å². The van der Waals surface area contributed by atoms with E-state index in [0.29, 0.717) is 18.4 Å². The van der Waals surface area contributed by atoms with Crippen LogP contribution >= 0.6 is 0 Å². The molecule has 1 fully saturated rings. The van der Waals surface area contributed by atoms with Crippen LogP contribution in [0.15, 0.2) is 0 Å². The molecule has 96 valence electrons. The summed E-state index contributed by atoms with van der Waals surface area (Å²) in [6, 6.07) is 0. The van der Waals surface area contributed by atoms with Crippen LogP contribution in [0.5, 0.6) is 0 Å². The lowest BCUT2D eigenvalue weighted by molar-refractivity contribution is -0.0725. The van der Waals surface area contributed by atoms with Crippen molar-refractivity contribution in [1.82, 2.24) is 4.90 Å². The van der Waals surface area contributed by atoms with Gasteiger partial charge in [-0.15, -0.1) is 0 Å². The Bertz CT molecular complexity index is 204. The number of likely N-dealkylation sites (tertiary alicyclic amines) is 1. The Kier molecular flexibility index (Phi) is 4.77. The van der Waals surface area contributed by atoms with E-state index in [4.69, 9.17) is 4.74 Å². The summed E-state index contributed by atoms with van der Waals surface area (Å²) in [7, 11) is 1.68. The summed E-state index contributed by atoms with van der Waals surface area (Å²) in [6.07, 6.45) is 3.21. The molecule has 16 heavy (non-hydrogen) atoms. The molecule has 0 saturated carbocycles. The standard InChI is InChI=1S/C13H27NO2/c1-5-13(6-2)10-14(11-13)9-12(3,15)7-8-16-4/h15H,5-11H2,1-4H3. The summed E-state index contributed by atoms with van der Waals surface area (Å²) in [5, 5.41) is 10.2. The second-order valence-corrected chi connectivity index (χ2v) is 5.59. The van der Waals surface area contributed by atoms with Gasteiger partial charge in [0, 0.05) is 39.8 Å². The fraction of sp³-hybridized carbons (Fsp3) is 1.00. The Hall–Kier alpha value is -0.120. The van der Waals surface area contributed by atoms with Crippen LogP contribution in [-0.4, -0.2) is 49.0 Å². The zero-order valence-electron chi connectivity index (χ0n) is 11.3. The molecule has 1 aliphatic heterocycles. The second kappa shape index (κ2) is 5.48. The third kappa shape index (κ3) is 3.44. The molecule has 0 spiro atoms. The van der Waals surface area contributed by atoms with Gasteiger partial charge in [0.1, 0.15) is 0 Å². The molecular weight excluding hydrogens is 202 g/mol. The van der Waals surface area contributed by atoms with E-state index >= 15 is 0 Å². The summed E-state index contributed by atoms with van der Waals surface area (Å²) in [5.41, 5.74) is -0.0824. The summed E-state index contributed by atoms with van der Waals surface area (Å²) < 4.78 is 5.02. The normalized spacial score (nSPS) is 23.8. The van der Waals surface area contributed by atoms with Crippen molar-refractivity contribution < 1.29 is 9.84 Å². The fourth-order valence-corrected chi connectivity index (χ4v) is 2.59. The largest absolute Gasteiger partial charge is 0.389 e. The minimum atomic E-state index is -0.607. The van der Waals surface area contributed by atoms with Crippen LogP contribution in [0.2, 0.25) is 0 Å². The Balaban J connectivity index is 2.30. The Morgan fingerprint density at radius 3 is 2.31 bits per heavy atom. The second-order valence-electron chi connectivity index (χ2n) is 5.59. The number of hydrogen-bond acceptors (Lipinski definition) is 3. The van der Waals surface area contributed by atoms with Crippen molar-refractivity contribution in [2.24, 2.45) is 5.41 Å². The molecule has 0 aromatic heterocycles. The van der Waals surface area contributed by atoms with Gasteiger partial charge in [-0.2, -0.15) is 0 Å². The van der Waals surface area contributed by atoms with Crippen molar-refractivity contribution in [3.05, 3.63) is 0 Å². The van der Waals surface area contributed by atoms with Gasteiger partial charge < -0.3 is 9.84 Å². The van der Waals surface area contributed by atoms with Gasteiger partial charge in [0.15, 0.2) is 0 Å². The van der Waals surface area contributed by atoms with E-state index in [9.17, 15) is 5.11 Å². The van der Waals surface area contributed by atoms with Crippen molar-refractivity contribution in [2.75, 3.05) is 33.4 Å². The van der Waals surface area contributed by atoms with Gasteiger partial charge in [0.2, 0.25) is 0 Å². The SMILES string of the molecule is CCC1(CC)CN(CC(C)(O)CCOC)C1. The maximum atomic E-state index is 10.2. The van der Waals surface area contributed by atoms with Gasteiger partial charge in [0.25, 0.3) is 0 Å². The first-order chi connectivity index (χ1) is 7.47. The molecule has 1 heterocycles. The molecular formula is C13H27NO2. The topological polar surface area (TPSA) is 32.7 Å². The molecule has 0 radical (unpaired) electrons. The van der Waals surface area contributed by atoms with Crippen LogP contribution in [0, 0.1) is 5.41 Å². The molecule has 0 aromatic rings. The first kappa shape index (κ1) is 13.9. The maximum Gasteiger partial charge on any atom is 0.0768 e. The van der Waals surface area contributed by atoms with Crippen LogP contribution in [0.25, 0.3) is 0 Å². The van der Waals surface area contributed by atoms with Crippen LogP contribution in [0.3, 0.4) is 0 Å². The van der Waals surface area contributed by atoms with Gasteiger partial charge in [0.05, 0.1) is 5.60 Å². The summed E-state index contributed by atoms with van der Waals surface area (Å²) in [4.78, 5) is 2.36. The maximum absolute atomic E-state index is 10.2. The predicted octanol–water partition coefficient (Wildman–Crippen LogP) is 1.90. The lowest BCUT2D eigenvalue weighted by atomic mass is 9.74. The van der Waals surface area contributed by atoms with Gasteiger partial charge in [-0.1, -0.05) is 13.8 Å². The molecule has 0 amide bonds. The number of rotatable bonds is 7. The Morgan fingerprint density at radius 1 is 1.31 bits per heavy atom. The number of hydrogen-bond donors (Lipinski definition) is 1. The molecule has 1 N–H and O–H groups in total. The lowest BCUT2D eigenvalue weighted by Gasteiger charge is -2.51. The molecule has 1 rings (SSSR count). The van der Waals surface area contributed by atoms with Crippen LogP contribution < -0.4 is 0 Å². The molecule has 1 aliphatic rings. The Morgan fingerprint density at radius 2 is 1.88 bits per heavy atom. The zero-order valence-corrected chi connectivity index (χ0v) is 11.3. The van der Waals surface area contributed by atoms with E-state index in [0.717, 1.165) is 19.6 Å². The average Bonchev–Trinajstić information content (AvgIpc) is 2.20. The van der Waals surface area contributed by atoms with E-state index in [2.05, 4.69) is 18.7 Å². The van der Waals surface area contributed by atoms with Crippen molar-refractivity contribution in [1.29, 1.82) is 0 Å². The highest BCUT2D eigenvalue weighted by atomic mass is 16.5. The van der Waals surface area contributed by atoms with Crippen molar-refractivity contribution in [3.8, 4) is 0 Å². The average molecular weight is 229 g/mol. The molecule has 0 bridgehead atoms. The van der Waals surface area contributed by atoms with Crippen LogP contribution in [0.4, 0.5) is 0 Å². The molecule has 1 saturated heterocycles. The molecule has 3 nitrogen and oxygen atoms in total. The quantitative estimate of drug-likeness (QED) is 0.723. The van der Waals surface area contributed by atoms with E-state index in [1.165, 1.54) is 12.8 Å². The molecule has 0 aromatic carbocycles. The summed E-state index contributed by atoms with van der Waals surface area (Å²) in [5.74, 6) is 0. The van der Waals surface area contributed by atoms with Gasteiger partial charge in [-0.25, -0.2) is 0 Å². The number of ether oxygens (including phenoxy) is 1. The molecule has 1 unspecified atom stereocenters. The van der Waals surface area contributed by atoms with Gasteiger partial charge >= 0.3 is 0 Å². The van der Waals surface area contributed by atoms with Gasteiger partial charge in [-0.05, 0) is 25.2 Å². The summed E-state index contributed by atoms with van der Waals surface area (Å²) in [6.45, 7) is 10.1. The number of aliphatic hydroxyl groups is 1. The molecule has 1 atom stereocenters. The van der Waals surface area contributed by atoms with Crippen LogP contribution in [-0.2, 0) is 4.74 Å². The third-order valence-electron chi connectivity index (χ3n) is 4.03. The van der Waals surface area contributed by atoms with E-state index in [1.807, 2.05) is 6.92 Å². The fourth-order valence-electron chi connectivity index (χ4n) is 2.59. The van der Waals surface area contributed by atoms with Crippen molar-refractivity contribution in [2.45, 2.75) is 45.6 Å². The lowest BCUT2D eigenvalue weighted by Crippen LogP contribution is -2.59. The van der Waals surface area contributed by atoms with E-state index < -0.39 is 5.60 Å². The first-order valence-corrected chi connectivity index (χ1v) is 6.40. The van der Waals surface area contributed by atoms with E-state index in [-0.39, 0.29) is 0 Å². The number of nitrogens with zero attached hydrogens (tertiary/aromatic N) is 1. The highest BCUT2D eigenvalue weighted by Crippen LogP contribution is 2.37. The van der Waals surface area contributed by atoms with Crippen LogP contribution in [0.1, 0.15) is 40.0 Å². The molecule has 3 heteroatoms. The smallest absolute Gasteiger partial charge is 0.0768 e. The predicted molar refractivity (Wildman–Crippen MR) is 66.6 cm³/mol. The monoisotopic (exact) mass is 229 g/mol. The highest BCUT2D eigenvalue weighted by molar-refractivity contribution is 4.95. The highest BCUT2D eigenvalue weighted by Gasteiger charge is 2.41. The minimum Gasteiger partial charge on any atom is -0.389 e. The van der Waals surface area contributed by atoms with Gasteiger partial charge in [-0.3, -0.25) is 4.90 Å². The third-order valence-corrected chi connectivity index (χ3v) is 4.03. The summed E-state index contributed by atoms with van der Waals surface area (Å²) >= 11 is 0. The van der Waals surface area contributed by atoms with Crippen molar-refractivity contribution in [3.63, 3.8) is 0 Å². The molecule has 0 aliphatic carbocycles. The zero-order chi connectivity index (χ0) is 12.2. The first-order valence-electron chi connectivity index (χ1n) is 6.40. The Labute approximate surface area is 99.8 Å². The minimum absolute atomic E-state index is 0.525.